The zero-order chi connectivity index (χ0) is 17.9. The van der Waals surface area contributed by atoms with Crippen molar-refractivity contribution in [1.29, 1.82) is 0 Å². The first-order valence-electron chi connectivity index (χ1n) is 8.89. The molecule has 0 atom stereocenters. The number of aryl methyl sites for hydroxylation is 1. The molecule has 0 amide bonds. The minimum atomic E-state index is 0.437. The van der Waals surface area contributed by atoms with Gasteiger partial charge in [0.2, 0.25) is 5.89 Å². The molecule has 26 heavy (non-hydrogen) atoms. The number of anilines is 1. The Hall–Kier alpha value is -2.51. The number of pyridine rings is 1. The van der Waals surface area contributed by atoms with E-state index in [1.807, 2.05) is 29.1 Å². The zero-order valence-corrected chi connectivity index (χ0v) is 15.6. The van der Waals surface area contributed by atoms with Crippen LogP contribution < -0.4 is 14.8 Å². The van der Waals surface area contributed by atoms with Gasteiger partial charge < -0.3 is 9.32 Å². The molecule has 0 saturated carbocycles. The van der Waals surface area contributed by atoms with Crippen molar-refractivity contribution in [2.45, 2.75) is 13.6 Å². The summed E-state index contributed by atoms with van der Waals surface area (Å²) in [7, 11) is 0. The van der Waals surface area contributed by atoms with Crippen molar-refractivity contribution >= 4 is 18.0 Å². The maximum absolute atomic E-state index is 5.71. The van der Waals surface area contributed by atoms with Crippen molar-refractivity contribution in [3.63, 3.8) is 0 Å². The molecule has 0 unspecified atom stereocenters. The van der Waals surface area contributed by atoms with E-state index in [2.05, 4.69) is 46.2 Å². The Labute approximate surface area is 157 Å². The Balaban J connectivity index is 1.41. The number of H-pyrrole nitrogens is 1. The summed E-state index contributed by atoms with van der Waals surface area (Å²) in [4.78, 5) is 7.58. The summed E-state index contributed by atoms with van der Waals surface area (Å²) in [5.41, 5.74) is 2.17. The third kappa shape index (κ3) is 3.68. The van der Waals surface area contributed by atoms with Crippen LogP contribution in [-0.2, 0) is 6.67 Å². The third-order valence-electron chi connectivity index (χ3n) is 4.78. The van der Waals surface area contributed by atoms with Gasteiger partial charge in [-0.05, 0) is 37.3 Å². The molecule has 1 fully saturated rings. The molecule has 1 aliphatic rings. The average molecular weight is 369 g/mol. The van der Waals surface area contributed by atoms with Gasteiger partial charge >= 0.3 is 0 Å². The van der Waals surface area contributed by atoms with Crippen LogP contribution in [-0.4, -0.2) is 36.0 Å². The van der Waals surface area contributed by atoms with E-state index in [-0.39, 0.29) is 0 Å². The van der Waals surface area contributed by atoms with E-state index in [4.69, 9.17) is 16.6 Å². The maximum Gasteiger partial charge on any atom is 0.292 e. The highest BCUT2D eigenvalue weighted by atomic mass is 32.1. The SMILES string of the molecule is Cc1ccc(-c2nn(C[NH+]3CCN(c4cccc[nH+]4)CC3)c(=S)o2)cc1. The van der Waals surface area contributed by atoms with Crippen molar-refractivity contribution in [3.8, 4) is 11.5 Å². The normalized spacial score (nSPS) is 15.3. The second kappa shape index (κ2) is 7.39. The number of benzene rings is 1. The van der Waals surface area contributed by atoms with Gasteiger partial charge in [-0.25, -0.2) is 4.98 Å². The van der Waals surface area contributed by atoms with Crippen molar-refractivity contribution in [3.05, 3.63) is 59.1 Å². The third-order valence-corrected chi connectivity index (χ3v) is 5.08. The molecule has 1 aromatic carbocycles. The monoisotopic (exact) mass is 369 g/mol. The van der Waals surface area contributed by atoms with Gasteiger partial charge in [-0.1, -0.05) is 23.8 Å². The first-order valence-corrected chi connectivity index (χ1v) is 9.30. The smallest absolute Gasteiger partial charge is 0.292 e. The largest absolute Gasteiger partial charge is 0.409 e. The summed E-state index contributed by atoms with van der Waals surface area (Å²) in [6.45, 7) is 6.89. The highest BCUT2D eigenvalue weighted by Crippen LogP contribution is 2.18. The second-order valence-corrected chi connectivity index (χ2v) is 7.03. The summed E-state index contributed by atoms with van der Waals surface area (Å²) >= 11 is 5.37. The quantitative estimate of drug-likeness (QED) is 0.706. The summed E-state index contributed by atoms with van der Waals surface area (Å²) < 4.78 is 7.52. The lowest BCUT2D eigenvalue weighted by atomic mass is 10.1. The standard InChI is InChI=1S/C19H21N5OS/c1-15-5-7-16(8-6-15)18-21-24(19(26)25-18)14-22-10-12-23(13-11-22)17-4-2-3-9-20-17/h2-9H,10-14H2,1H3/p+2. The topological polar surface area (TPSA) is 52.8 Å². The summed E-state index contributed by atoms with van der Waals surface area (Å²) in [5.74, 6) is 1.76. The van der Waals surface area contributed by atoms with Crippen LogP contribution in [0.15, 0.2) is 53.1 Å². The second-order valence-electron chi connectivity index (χ2n) is 6.68. The van der Waals surface area contributed by atoms with Crippen LogP contribution in [0.5, 0.6) is 0 Å². The first kappa shape index (κ1) is 16.9. The number of aromatic nitrogens is 3. The number of hydrogen-bond donors (Lipinski definition) is 1. The first-order chi connectivity index (χ1) is 12.7. The molecule has 0 aliphatic carbocycles. The predicted octanol–water partition coefficient (Wildman–Crippen LogP) is 1.36. The van der Waals surface area contributed by atoms with E-state index in [0.717, 1.165) is 38.4 Å². The molecule has 0 radical (unpaired) electrons. The fourth-order valence-electron chi connectivity index (χ4n) is 3.23. The lowest BCUT2D eigenvalue weighted by Gasteiger charge is -2.27. The number of nitrogens with one attached hydrogen (secondary N) is 2. The van der Waals surface area contributed by atoms with Crippen LogP contribution >= 0.6 is 12.2 Å². The van der Waals surface area contributed by atoms with Gasteiger partial charge in [0.15, 0.2) is 6.67 Å². The van der Waals surface area contributed by atoms with E-state index in [1.165, 1.54) is 16.3 Å². The van der Waals surface area contributed by atoms with Gasteiger partial charge in [-0.15, -0.1) is 5.10 Å². The van der Waals surface area contributed by atoms with Crippen molar-refractivity contribution in [2.75, 3.05) is 31.1 Å². The van der Waals surface area contributed by atoms with Gasteiger partial charge in [-0.3, -0.25) is 4.90 Å². The van der Waals surface area contributed by atoms with Crippen LogP contribution in [0.3, 0.4) is 0 Å². The molecular formula is C19H23N5OS+2. The molecule has 1 saturated heterocycles. The molecule has 1 aliphatic heterocycles. The van der Waals surface area contributed by atoms with Crippen LogP contribution in [0.1, 0.15) is 5.56 Å². The van der Waals surface area contributed by atoms with E-state index in [1.54, 1.807) is 0 Å². The number of quaternary nitrogens is 1. The molecule has 6 nitrogen and oxygen atoms in total. The predicted molar refractivity (Wildman–Crippen MR) is 101 cm³/mol. The molecule has 0 bridgehead atoms. The van der Waals surface area contributed by atoms with Gasteiger partial charge in [-0.2, -0.15) is 4.68 Å². The Kier molecular flexibility index (Phi) is 4.81. The van der Waals surface area contributed by atoms with E-state index in [0.29, 0.717) is 10.7 Å². The van der Waals surface area contributed by atoms with Gasteiger partial charge in [0.1, 0.15) is 26.2 Å². The van der Waals surface area contributed by atoms with Gasteiger partial charge in [0.05, 0.1) is 6.20 Å². The van der Waals surface area contributed by atoms with E-state index in [9.17, 15) is 0 Å². The molecule has 3 heterocycles. The fraction of sp³-hybridized carbons (Fsp3) is 0.316. The van der Waals surface area contributed by atoms with Crippen molar-refractivity contribution in [2.24, 2.45) is 0 Å². The molecule has 2 N–H and O–H groups in total. The summed E-state index contributed by atoms with van der Waals surface area (Å²) in [6.07, 6.45) is 1.97. The Morgan fingerprint density at radius 2 is 1.92 bits per heavy atom. The average Bonchev–Trinajstić information content (AvgIpc) is 3.04. The van der Waals surface area contributed by atoms with E-state index >= 15 is 0 Å². The van der Waals surface area contributed by atoms with Crippen LogP contribution in [0.4, 0.5) is 5.82 Å². The lowest BCUT2D eigenvalue weighted by molar-refractivity contribution is -0.924. The minimum Gasteiger partial charge on any atom is -0.409 e. The van der Waals surface area contributed by atoms with Crippen molar-refractivity contribution < 1.29 is 14.3 Å². The van der Waals surface area contributed by atoms with Crippen LogP contribution in [0, 0.1) is 11.8 Å². The molecular weight excluding hydrogens is 346 g/mol. The number of nitrogens with zero attached hydrogens (tertiary/aromatic N) is 3. The molecule has 3 aromatic rings. The highest BCUT2D eigenvalue weighted by Gasteiger charge is 2.26. The van der Waals surface area contributed by atoms with Gasteiger partial charge in [0.25, 0.3) is 10.7 Å². The Bertz CT molecular complexity index is 911. The Morgan fingerprint density at radius 1 is 1.15 bits per heavy atom. The summed E-state index contributed by atoms with van der Waals surface area (Å²) in [5, 5.41) is 4.59. The molecule has 4 rings (SSSR count). The highest BCUT2D eigenvalue weighted by molar-refractivity contribution is 7.71. The van der Waals surface area contributed by atoms with Crippen LogP contribution in [0.2, 0.25) is 0 Å². The molecule has 134 valence electrons. The number of piperazine rings is 1. The zero-order valence-electron chi connectivity index (χ0n) is 14.8. The minimum absolute atomic E-state index is 0.437. The van der Waals surface area contributed by atoms with Crippen molar-refractivity contribution in [1.82, 2.24) is 9.78 Å². The molecule has 2 aromatic heterocycles. The summed E-state index contributed by atoms with van der Waals surface area (Å²) in [6, 6.07) is 14.3. The number of rotatable bonds is 4. The lowest BCUT2D eigenvalue weighted by Crippen LogP contribution is -3.14. The molecule has 0 spiro atoms. The number of aromatic amines is 1. The van der Waals surface area contributed by atoms with Gasteiger partial charge in [0, 0.05) is 11.6 Å². The molecule has 7 heteroatoms. The fourth-order valence-corrected chi connectivity index (χ4v) is 3.42. The van der Waals surface area contributed by atoms with E-state index < -0.39 is 0 Å². The number of hydrogen-bond acceptors (Lipinski definition) is 4. The van der Waals surface area contributed by atoms with Crippen LogP contribution in [0.25, 0.3) is 11.5 Å². The maximum atomic E-state index is 5.71. The Morgan fingerprint density at radius 3 is 2.62 bits per heavy atom.